The van der Waals surface area contributed by atoms with Gasteiger partial charge in [-0.15, -0.1) is 0 Å². The van der Waals surface area contributed by atoms with E-state index in [2.05, 4.69) is 10.6 Å². The molecule has 0 unspecified atom stereocenters. The largest absolute Gasteiger partial charge is 0.508 e. The lowest BCUT2D eigenvalue weighted by molar-refractivity contribution is 0.240. The van der Waals surface area contributed by atoms with Crippen molar-refractivity contribution in [3.05, 3.63) is 59.7 Å². The minimum Gasteiger partial charge on any atom is -0.508 e. The van der Waals surface area contributed by atoms with Gasteiger partial charge in [0.15, 0.2) is 0 Å². The minimum absolute atomic E-state index is 0.155. The van der Waals surface area contributed by atoms with Gasteiger partial charge in [0, 0.05) is 18.5 Å². The van der Waals surface area contributed by atoms with Gasteiger partial charge in [-0.1, -0.05) is 30.3 Å². The van der Waals surface area contributed by atoms with Crippen LogP contribution in [0, 0.1) is 0 Å². The standard InChI is InChI=1S/C19H22N2O3/c1-24-18-8-3-2-7-15(18)16-12-17(16)21-19(23)20-10-9-13-5-4-6-14(22)11-13/h2-8,11,16-17,22H,9-10,12H2,1H3,(H2,20,21,23)/t16-,17-/m1/s1. The smallest absolute Gasteiger partial charge is 0.315 e. The number of aromatic hydroxyl groups is 1. The fourth-order valence-electron chi connectivity index (χ4n) is 2.92. The van der Waals surface area contributed by atoms with Crippen LogP contribution in [0.15, 0.2) is 48.5 Å². The molecule has 0 heterocycles. The lowest BCUT2D eigenvalue weighted by atomic mass is 10.1. The SMILES string of the molecule is COc1ccccc1[C@H]1C[C@H]1NC(=O)NCCc1cccc(O)c1. The molecule has 0 bridgehead atoms. The molecule has 0 aromatic heterocycles. The molecule has 1 fully saturated rings. The predicted octanol–water partition coefficient (Wildman–Crippen LogP) is 2.80. The van der Waals surface area contributed by atoms with Gasteiger partial charge in [-0.25, -0.2) is 4.79 Å². The first kappa shape index (κ1) is 16.2. The van der Waals surface area contributed by atoms with E-state index in [9.17, 15) is 9.90 Å². The third-order valence-electron chi connectivity index (χ3n) is 4.26. The van der Waals surface area contributed by atoms with E-state index >= 15 is 0 Å². The zero-order valence-electron chi connectivity index (χ0n) is 13.7. The number of hydrogen-bond acceptors (Lipinski definition) is 3. The Morgan fingerprint density at radius 3 is 2.88 bits per heavy atom. The molecule has 3 N–H and O–H groups in total. The molecule has 2 amide bonds. The van der Waals surface area contributed by atoms with Crippen molar-refractivity contribution in [2.24, 2.45) is 0 Å². The molecule has 3 rings (SSSR count). The molecule has 2 aromatic carbocycles. The maximum Gasteiger partial charge on any atom is 0.315 e. The van der Waals surface area contributed by atoms with Gasteiger partial charge >= 0.3 is 6.03 Å². The van der Waals surface area contributed by atoms with Crippen LogP contribution in [0.1, 0.15) is 23.5 Å². The number of phenols is 1. The number of carbonyl (C=O) groups is 1. The molecule has 0 aliphatic heterocycles. The van der Waals surface area contributed by atoms with Gasteiger partial charge in [0.05, 0.1) is 7.11 Å². The number of ether oxygens (including phenoxy) is 1. The van der Waals surface area contributed by atoms with Gasteiger partial charge in [0.25, 0.3) is 0 Å². The molecular weight excluding hydrogens is 304 g/mol. The Morgan fingerprint density at radius 1 is 1.25 bits per heavy atom. The Kier molecular flexibility index (Phi) is 4.89. The first-order chi connectivity index (χ1) is 11.7. The Bertz CT molecular complexity index is 717. The Labute approximate surface area is 141 Å². The fourth-order valence-corrected chi connectivity index (χ4v) is 2.92. The minimum atomic E-state index is -0.155. The van der Waals surface area contributed by atoms with Crippen molar-refractivity contribution in [2.75, 3.05) is 13.7 Å². The monoisotopic (exact) mass is 326 g/mol. The third kappa shape index (κ3) is 3.98. The lowest BCUT2D eigenvalue weighted by Gasteiger charge is -2.09. The van der Waals surface area contributed by atoms with Crippen LogP contribution in [0.5, 0.6) is 11.5 Å². The highest BCUT2D eigenvalue weighted by Gasteiger charge is 2.41. The molecule has 5 nitrogen and oxygen atoms in total. The third-order valence-corrected chi connectivity index (χ3v) is 4.26. The summed E-state index contributed by atoms with van der Waals surface area (Å²) in [4.78, 5) is 12.0. The van der Waals surface area contributed by atoms with Crippen molar-refractivity contribution in [3.8, 4) is 11.5 Å². The zero-order chi connectivity index (χ0) is 16.9. The van der Waals surface area contributed by atoms with Crippen molar-refractivity contribution < 1.29 is 14.6 Å². The number of urea groups is 1. The number of rotatable bonds is 6. The van der Waals surface area contributed by atoms with Gasteiger partial charge < -0.3 is 20.5 Å². The van der Waals surface area contributed by atoms with E-state index in [4.69, 9.17) is 4.74 Å². The molecule has 2 atom stereocenters. The van der Waals surface area contributed by atoms with Gasteiger partial charge in [0.1, 0.15) is 11.5 Å². The molecule has 0 saturated heterocycles. The van der Waals surface area contributed by atoms with E-state index < -0.39 is 0 Å². The average molecular weight is 326 g/mol. The summed E-state index contributed by atoms with van der Waals surface area (Å²) < 4.78 is 5.37. The van der Waals surface area contributed by atoms with E-state index in [1.165, 1.54) is 0 Å². The number of nitrogens with one attached hydrogen (secondary N) is 2. The van der Waals surface area contributed by atoms with Crippen LogP contribution in [0.3, 0.4) is 0 Å². The molecular formula is C19H22N2O3. The van der Waals surface area contributed by atoms with Crippen LogP contribution in [-0.4, -0.2) is 30.8 Å². The molecule has 24 heavy (non-hydrogen) atoms. The summed E-state index contributed by atoms with van der Waals surface area (Å²) in [6, 6.07) is 15.0. The van der Waals surface area contributed by atoms with Crippen LogP contribution >= 0.6 is 0 Å². The number of phenolic OH excluding ortho intramolecular Hbond substituents is 1. The Hall–Kier alpha value is -2.69. The van der Waals surface area contributed by atoms with Crippen molar-refractivity contribution in [3.63, 3.8) is 0 Å². The van der Waals surface area contributed by atoms with Crippen molar-refractivity contribution >= 4 is 6.03 Å². The number of amides is 2. The summed E-state index contributed by atoms with van der Waals surface area (Å²) in [6.07, 6.45) is 1.61. The van der Waals surface area contributed by atoms with Crippen molar-refractivity contribution in [2.45, 2.75) is 24.8 Å². The normalized spacial score (nSPS) is 18.7. The summed E-state index contributed by atoms with van der Waals surface area (Å²) in [6.45, 7) is 0.529. The van der Waals surface area contributed by atoms with E-state index in [-0.39, 0.29) is 17.8 Å². The summed E-state index contributed by atoms with van der Waals surface area (Å²) in [7, 11) is 1.66. The van der Waals surface area contributed by atoms with Gasteiger partial charge in [-0.05, 0) is 42.2 Å². The van der Waals surface area contributed by atoms with E-state index in [0.717, 1.165) is 23.3 Å². The number of benzene rings is 2. The van der Waals surface area contributed by atoms with Crippen LogP contribution in [0.2, 0.25) is 0 Å². The lowest BCUT2D eigenvalue weighted by Crippen LogP contribution is -2.38. The average Bonchev–Trinajstić information content (AvgIpc) is 3.33. The van der Waals surface area contributed by atoms with E-state index in [0.29, 0.717) is 18.9 Å². The first-order valence-corrected chi connectivity index (χ1v) is 8.12. The highest BCUT2D eigenvalue weighted by Crippen LogP contribution is 2.44. The topological polar surface area (TPSA) is 70.6 Å². The summed E-state index contributed by atoms with van der Waals surface area (Å²) >= 11 is 0. The number of hydrogen-bond donors (Lipinski definition) is 3. The van der Waals surface area contributed by atoms with Gasteiger partial charge in [0.2, 0.25) is 0 Å². The van der Waals surface area contributed by atoms with Gasteiger partial charge in [-0.2, -0.15) is 0 Å². The maximum absolute atomic E-state index is 12.0. The number of carbonyl (C=O) groups excluding carboxylic acids is 1. The second-order valence-corrected chi connectivity index (χ2v) is 6.01. The predicted molar refractivity (Wildman–Crippen MR) is 92.5 cm³/mol. The second kappa shape index (κ2) is 7.25. The van der Waals surface area contributed by atoms with Crippen LogP contribution in [-0.2, 0) is 6.42 Å². The summed E-state index contributed by atoms with van der Waals surface area (Å²) in [5.41, 5.74) is 2.14. The first-order valence-electron chi connectivity index (χ1n) is 8.12. The van der Waals surface area contributed by atoms with E-state index in [1.807, 2.05) is 30.3 Å². The number of para-hydroxylation sites is 1. The van der Waals surface area contributed by atoms with Crippen LogP contribution in [0.25, 0.3) is 0 Å². The molecule has 0 spiro atoms. The number of methoxy groups -OCH3 is 1. The zero-order valence-corrected chi connectivity index (χ0v) is 13.7. The molecule has 0 radical (unpaired) electrons. The van der Waals surface area contributed by atoms with Crippen LogP contribution < -0.4 is 15.4 Å². The molecule has 5 heteroatoms. The molecule has 1 aliphatic rings. The molecule has 1 saturated carbocycles. The molecule has 126 valence electrons. The van der Waals surface area contributed by atoms with Crippen molar-refractivity contribution in [1.82, 2.24) is 10.6 Å². The van der Waals surface area contributed by atoms with Crippen LogP contribution in [0.4, 0.5) is 4.79 Å². The molecule has 2 aromatic rings. The highest BCUT2D eigenvalue weighted by molar-refractivity contribution is 5.75. The van der Waals surface area contributed by atoms with Crippen molar-refractivity contribution in [1.29, 1.82) is 0 Å². The molecule has 1 aliphatic carbocycles. The quantitative estimate of drug-likeness (QED) is 0.764. The highest BCUT2D eigenvalue weighted by atomic mass is 16.5. The van der Waals surface area contributed by atoms with E-state index in [1.54, 1.807) is 25.3 Å². The van der Waals surface area contributed by atoms with Gasteiger partial charge in [-0.3, -0.25) is 0 Å². The summed E-state index contributed by atoms with van der Waals surface area (Å²) in [5, 5.41) is 15.3. The fraction of sp³-hybridized carbons (Fsp3) is 0.316. The maximum atomic E-state index is 12.0. The Balaban J connectivity index is 1.43. The Morgan fingerprint density at radius 2 is 2.08 bits per heavy atom. The second-order valence-electron chi connectivity index (χ2n) is 6.01. The summed E-state index contributed by atoms with van der Waals surface area (Å²) in [5.74, 6) is 1.43.